The van der Waals surface area contributed by atoms with Gasteiger partial charge in [-0.15, -0.1) is 0 Å². The predicted octanol–water partition coefficient (Wildman–Crippen LogP) is 18.3. The molecule has 0 saturated heterocycles. The number of rotatable bonds is 56. The van der Waals surface area contributed by atoms with E-state index in [-0.39, 0.29) is 25.6 Å². The molecule has 0 aromatic rings. The molecule has 406 valence electrons. The van der Waals surface area contributed by atoms with Crippen molar-refractivity contribution < 1.29 is 42.1 Å². The van der Waals surface area contributed by atoms with Gasteiger partial charge in [-0.05, 0) is 12.8 Å². The molecule has 0 spiro atoms. The molecule has 0 heterocycles. The van der Waals surface area contributed by atoms with Gasteiger partial charge in [0, 0.05) is 12.8 Å². The number of hydrogen-bond donors (Lipinski definition) is 1. The number of carbonyl (C=O) groups excluding carboxylic acids is 2. The van der Waals surface area contributed by atoms with Crippen LogP contribution in [0.2, 0.25) is 0 Å². The Morgan fingerprint density at radius 1 is 0.397 bits per heavy atom. The zero-order chi connectivity index (χ0) is 49.9. The maximum absolute atomic E-state index is 12.8. The van der Waals surface area contributed by atoms with Crippen LogP contribution in [-0.2, 0) is 32.7 Å². The van der Waals surface area contributed by atoms with Crippen LogP contribution in [0, 0.1) is 0 Å². The van der Waals surface area contributed by atoms with E-state index in [1.807, 2.05) is 21.1 Å². The summed E-state index contributed by atoms with van der Waals surface area (Å²) in [7, 11) is 1.50. The second-order valence-corrected chi connectivity index (χ2v) is 23.2. The third-order valence-electron chi connectivity index (χ3n) is 13.6. The van der Waals surface area contributed by atoms with E-state index in [9.17, 15) is 19.0 Å². The molecular formula is C58H117NO8P+. The standard InChI is InChI=1S/C58H116NO8P/c1-6-8-10-12-14-16-18-20-22-24-25-26-27-28-29-30-31-32-33-34-35-37-39-41-43-45-47-49-51-58(61)67-56(55-66-68(62,63)65-53-52-59(3,4)5)54-64-57(60)50-48-46-44-42-40-38-36-23-21-19-17-15-13-11-9-7-2/h56H,6-55H2,1-5H3/p+1. The normalized spacial score (nSPS) is 13.2. The summed E-state index contributed by atoms with van der Waals surface area (Å²) in [6.45, 7) is 4.51. The Morgan fingerprint density at radius 2 is 0.662 bits per heavy atom. The number of nitrogens with zero attached hydrogens (tertiary/aromatic N) is 1. The first kappa shape index (κ1) is 67.0. The van der Waals surface area contributed by atoms with Gasteiger partial charge < -0.3 is 18.9 Å². The zero-order valence-electron chi connectivity index (χ0n) is 46.1. The molecule has 0 amide bonds. The molecular weight excluding hydrogens is 870 g/mol. The number of phosphoric ester groups is 1. The van der Waals surface area contributed by atoms with E-state index in [2.05, 4.69) is 13.8 Å². The number of ether oxygens (including phenoxy) is 2. The lowest BCUT2D eigenvalue weighted by Gasteiger charge is -2.24. The fraction of sp³-hybridized carbons (Fsp3) is 0.966. The number of unbranched alkanes of at least 4 members (excludes halogenated alkanes) is 42. The Balaban J connectivity index is 4.03. The fourth-order valence-corrected chi connectivity index (χ4v) is 9.76. The molecule has 0 fully saturated rings. The molecule has 10 heteroatoms. The predicted molar refractivity (Wildman–Crippen MR) is 289 cm³/mol. The zero-order valence-corrected chi connectivity index (χ0v) is 47.0. The van der Waals surface area contributed by atoms with Crippen LogP contribution in [0.5, 0.6) is 0 Å². The van der Waals surface area contributed by atoms with Crippen LogP contribution in [0.3, 0.4) is 0 Å². The number of phosphoric acid groups is 1. The average Bonchev–Trinajstić information content (AvgIpc) is 3.30. The van der Waals surface area contributed by atoms with Gasteiger partial charge in [0.05, 0.1) is 27.7 Å². The van der Waals surface area contributed by atoms with Gasteiger partial charge in [-0.3, -0.25) is 18.6 Å². The largest absolute Gasteiger partial charge is 0.472 e. The highest BCUT2D eigenvalue weighted by Crippen LogP contribution is 2.43. The van der Waals surface area contributed by atoms with E-state index < -0.39 is 26.5 Å². The first-order valence-corrected chi connectivity index (χ1v) is 31.3. The summed E-state index contributed by atoms with van der Waals surface area (Å²) in [5.74, 6) is -0.774. The molecule has 0 bridgehead atoms. The average molecular weight is 988 g/mol. The summed E-state index contributed by atoms with van der Waals surface area (Å²) in [4.78, 5) is 35.7. The van der Waals surface area contributed by atoms with Crippen molar-refractivity contribution in [1.29, 1.82) is 0 Å². The molecule has 9 nitrogen and oxygen atoms in total. The summed E-state index contributed by atoms with van der Waals surface area (Å²) < 4.78 is 34.6. The quantitative estimate of drug-likeness (QED) is 0.0278. The van der Waals surface area contributed by atoms with E-state index in [1.165, 1.54) is 244 Å². The number of carbonyl (C=O) groups is 2. The molecule has 0 aliphatic rings. The van der Waals surface area contributed by atoms with Crippen LogP contribution in [0.1, 0.15) is 309 Å². The van der Waals surface area contributed by atoms with Crippen molar-refractivity contribution in [3.05, 3.63) is 0 Å². The van der Waals surface area contributed by atoms with Gasteiger partial charge in [-0.25, -0.2) is 4.57 Å². The molecule has 0 aliphatic heterocycles. The maximum atomic E-state index is 12.8. The molecule has 0 aliphatic carbocycles. The van der Waals surface area contributed by atoms with Gasteiger partial charge in [0.25, 0.3) is 0 Å². The number of quaternary nitrogens is 1. The van der Waals surface area contributed by atoms with E-state index in [0.717, 1.165) is 38.5 Å². The smallest absolute Gasteiger partial charge is 0.462 e. The molecule has 2 atom stereocenters. The Bertz CT molecular complexity index is 1120. The minimum Gasteiger partial charge on any atom is -0.462 e. The molecule has 2 unspecified atom stereocenters. The molecule has 68 heavy (non-hydrogen) atoms. The Labute approximate surface area is 423 Å². The van der Waals surface area contributed by atoms with Crippen LogP contribution in [-0.4, -0.2) is 74.9 Å². The lowest BCUT2D eigenvalue weighted by atomic mass is 10.0. The van der Waals surface area contributed by atoms with Crippen LogP contribution in [0.4, 0.5) is 0 Å². The highest BCUT2D eigenvalue weighted by molar-refractivity contribution is 7.47. The first-order valence-electron chi connectivity index (χ1n) is 29.8. The highest BCUT2D eigenvalue weighted by atomic mass is 31.2. The number of likely N-dealkylation sites (N-methyl/N-ethyl adjacent to an activating group) is 1. The topological polar surface area (TPSA) is 108 Å². The van der Waals surface area contributed by atoms with E-state index >= 15 is 0 Å². The van der Waals surface area contributed by atoms with Crippen molar-refractivity contribution in [3.8, 4) is 0 Å². The second-order valence-electron chi connectivity index (χ2n) is 21.8. The van der Waals surface area contributed by atoms with Crippen LogP contribution in [0.15, 0.2) is 0 Å². The van der Waals surface area contributed by atoms with E-state index in [4.69, 9.17) is 18.5 Å². The van der Waals surface area contributed by atoms with Crippen molar-refractivity contribution in [3.63, 3.8) is 0 Å². The summed E-state index contributed by atoms with van der Waals surface area (Å²) in [5, 5.41) is 0. The lowest BCUT2D eigenvalue weighted by Crippen LogP contribution is -2.37. The Kier molecular flexibility index (Phi) is 50.2. The van der Waals surface area contributed by atoms with Crippen LogP contribution in [0.25, 0.3) is 0 Å². The number of hydrogen-bond acceptors (Lipinski definition) is 7. The monoisotopic (exact) mass is 987 g/mol. The van der Waals surface area contributed by atoms with Crippen molar-refractivity contribution >= 4 is 19.8 Å². The Hall–Kier alpha value is -0.990. The third kappa shape index (κ3) is 54.3. The summed E-state index contributed by atoms with van der Waals surface area (Å²) in [6, 6.07) is 0. The van der Waals surface area contributed by atoms with Gasteiger partial charge in [0.15, 0.2) is 6.10 Å². The molecule has 0 aromatic heterocycles. The fourth-order valence-electron chi connectivity index (χ4n) is 9.02. The van der Waals surface area contributed by atoms with Gasteiger partial charge in [0.2, 0.25) is 0 Å². The SMILES string of the molecule is CCCCCCCCCCCCCCCCCCCCCCCCCCCCCCC(=O)OC(COC(=O)CCCCCCCCCCCCCCCCCC)COP(=O)(O)OCC[N+](C)(C)C. The van der Waals surface area contributed by atoms with Gasteiger partial charge in [0.1, 0.15) is 19.8 Å². The van der Waals surface area contributed by atoms with Gasteiger partial charge >= 0.3 is 19.8 Å². The molecule has 1 N–H and O–H groups in total. The van der Waals surface area contributed by atoms with Crippen molar-refractivity contribution in [1.82, 2.24) is 0 Å². The molecule has 0 radical (unpaired) electrons. The lowest BCUT2D eigenvalue weighted by molar-refractivity contribution is -0.870. The van der Waals surface area contributed by atoms with Crippen molar-refractivity contribution in [2.24, 2.45) is 0 Å². The minimum atomic E-state index is -4.38. The second kappa shape index (κ2) is 50.9. The summed E-state index contributed by atoms with van der Waals surface area (Å²) in [5.41, 5.74) is 0. The van der Waals surface area contributed by atoms with Crippen LogP contribution >= 0.6 is 7.82 Å². The van der Waals surface area contributed by atoms with Gasteiger partial charge in [-0.2, -0.15) is 0 Å². The van der Waals surface area contributed by atoms with Crippen molar-refractivity contribution in [2.75, 3.05) is 47.5 Å². The molecule has 0 rings (SSSR count). The van der Waals surface area contributed by atoms with Gasteiger partial charge in [-0.1, -0.05) is 284 Å². The Morgan fingerprint density at radius 3 is 0.941 bits per heavy atom. The van der Waals surface area contributed by atoms with E-state index in [1.54, 1.807) is 0 Å². The number of esters is 2. The minimum absolute atomic E-state index is 0.0374. The van der Waals surface area contributed by atoms with E-state index in [0.29, 0.717) is 17.4 Å². The highest BCUT2D eigenvalue weighted by Gasteiger charge is 2.27. The van der Waals surface area contributed by atoms with Crippen LogP contribution < -0.4 is 0 Å². The maximum Gasteiger partial charge on any atom is 0.472 e. The first-order chi connectivity index (χ1) is 33.0. The molecule has 0 saturated carbocycles. The third-order valence-corrected chi connectivity index (χ3v) is 14.6. The van der Waals surface area contributed by atoms with Crippen molar-refractivity contribution in [2.45, 2.75) is 315 Å². The summed E-state index contributed by atoms with van der Waals surface area (Å²) in [6.07, 6.45) is 57.5. The molecule has 0 aromatic carbocycles. The summed E-state index contributed by atoms with van der Waals surface area (Å²) >= 11 is 0.